The Bertz CT molecular complexity index is 1280. The molecule has 0 saturated heterocycles. The highest BCUT2D eigenvalue weighted by molar-refractivity contribution is 5.83. The van der Waals surface area contributed by atoms with Gasteiger partial charge in [-0.05, 0) is 35.3 Å². The van der Waals surface area contributed by atoms with Crippen molar-refractivity contribution in [3.05, 3.63) is 86.6 Å². The number of benzene rings is 2. The summed E-state index contributed by atoms with van der Waals surface area (Å²) in [6.45, 7) is 6.05. The average Bonchev–Trinajstić information content (AvgIpc) is 3.32. The van der Waals surface area contributed by atoms with Crippen molar-refractivity contribution in [2.45, 2.75) is 58.4 Å². The summed E-state index contributed by atoms with van der Waals surface area (Å²) in [7, 11) is 0. The predicted octanol–water partition coefficient (Wildman–Crippen LogP) is 4.21. The quantitative estimate of drug-likeness (QED) is 0.572. The number of aromatic amines is 1. The number of carboxylic acids is 1. The SMILES string of the molecule is CC(C)(C)C(C(=O)O)(c1ccc(Cn2c(=O)[nH]nc(-c3ccccc3)c2=O)cc1)C1CCCC1. The molecule has 2 N–H and O–H groups in total. The molecule has 0 amide bonds. The molecule has 7 nitrogen and oxygen atoms in total. The van der Waals surface area contributed by atoms with Crippen molar-refractivity contribution in [2.75, 3.05) is 0 Å². The molecule has 0 radical (unpaired) electrons. The minimum Gasteiger partial charge on any atom is -0.481 e. The van der Waals surface area contributed by atoms with E-state index in [1.807, 2.05) is 51.1 Å². The van der Waals surface area contributed by atoms with Gasteiger partial charge in [0, 0.05) is 5.56 Å². The molecule has 34 heavy (non-hydrogen) atoms. The van der Waals surface area contributed by atoms with Crippen molar-refractivity contribution in [1.82, 2.24) is 14.8 Å². The van der Waals surface area contributed by atoms with Crippen molar-refractivity contribution < 1.29 is 9.90 Å². The Morgan fingerprint density at radius 1 is 1.03 bits per heavy atom. The number of hydrogen-bond donors (Lipinski definition) is 2. The predicted molar refractivity (Wildman–Crippen MR) is 131 cm³/mol. The molecule has 1 atom stereocenters. The molecular formula is C27H31N3O4. The maximum atomic E-state index is 13.0. The van der Waals surface area contributed by atoms with Crippen LogP contribution in [-0.4, -0.2) is 25.8 Å². The third-order valence-corrected chi connectivity index (χ3v) is 7.24. The van der Waals surface area contributed by atoms with Gasteiger partial charge in [-0.1, -0.05) is 88.2 Å². The molecule has 1 heterocycles. The number of carbonyl (C=O) groups is 1. The minimum atomic E-state index is -1.01. The molecule has 1 unspecified atom stereocenters. The Balaban J connectivity index is 1.72. The van der Waals surface area contributed by atoms with Gasteiger partial charge in [-0.25, -0.2) is 9.89 Å². The fraction of sp³-hybridized carbons (Fsp3) is 0.407. The normalized spacial score (nSPS) is 16.3. The van der Waals surface area contributed by atoms with E-state index in [1.165, 1.54) is 0 Å². The van der Waals surface area contributed by atoms with Crippen LogP contribution in [0.15, 0.2) is 64.2 Å². The smallest absolute Gasteiger partial charge is 0.345 e. The molecule has 178 valence electrons. The standard InChI is InChI=1S/C27H31N3O4/c1-26(2,3)27(24(32)33,20-11-7-8-12-20)21-15-13-18(14-16-21)17-30-23(31)22(28-29-25(30)34)19-9-5-4-6-10-19/h4-6,9-10,13-16,20H,7-8,11-12,17H2,1-3H3,(H,29,34)(H,32,33). The maximum absolute atomic E-state index is 13.0. The summed E-state index contributed by atoms with van der Waals surface area (Å²) < 4.78 is 1.12. The molecule has 0 spiro atoms. The van der Waals surface area contributed by atoms with Gasteiger partial charge >= 0.3 is 11.7 Å². The van der Waals surface area contributed by atoms with Crippen molar-refractivity contribution in [1.29, 1.82) is 0 Å². The molecule has 1 aliphatic carbocycles. The number of carboxylic acid groups (broad SMARTS) is 1. The zero-order chi connectivity index (χ0) is 24.5. The van der Waals surface area contributed by atoms with Crippen LogP contribution in [0, 0.1) is 11.3 Å². The maximum Gasteiger partial charge on any atom is 0.345 e. The molecule has 0 bridgehead atoms. The molecule has 1 aliphatic rings. The van der Waals surface area contributed by atoms with E-state index in [9.17, 15) is 19.5 Å². The van der Waals surface area contributed by atoms with Crippen LogP contribution in [0.2, 0.25) is 0 Å². The van der Waals surface area contributed by atoms with Crippen LogP contribution < -0.4 is 11.2 Å². The lowest BCUT2D eigenvalue weighted by Gasteiger charge is -2.46. The van der Waals surface area contributed by atoms with Crippen molar-refractivity contribution in [2.24, 2.45) is 11.3 Å². The second-order valence-corrected chi connectivity index (χ2v) is 10.2. The van der Waals surface area contributed by atoms with E-state index < -0.39 is 28.0 Å². The zero-order valence-corrected chi connectivity index (χ0v) is 19.9. The molecule has 1 aromatic heterocycles. The van der Waals surface area contributed by atoms with Gasteiger partial charge in [-0.3, -0.25) is 14.2 Å². The Hall–Kier alpha value is -3.48. The Morgan fingerprint density at radius 2 is 1.65 bits per heavy atom. The first kappa shape index (κ1) is 23.7. The molecule has 0 aliphatic heterocycles. The first-order valence-electron chi connectivity index (χ1n) is 11.7. The lowest BCUT2D eigenvalue weighted by molar-refractivity contribution is -0.152. The number of aliphatic carboxylic acids is 1. The Morgan fingerprint density at radius 3 is 2.21 bits per heavy atom. The van der Waals surface area contributed by atoms with E-state index in [0.29, 0.717) is 5.56 Å². The van der Waals surface area contributed by atoms with Crippen molar-refractivity contribution >= 4 is 5.97 Å². The molecule has 1 saturated carbocycles. The van der Waals surface area contributed by atoms with Crippen LogP contribution in [0.5, 0.6) is 0 Å². The second kappa shape index (κ2) is 9.05. The summed E-state index contributed by atoms with van der Waals surface area (Å²) in [6.07, 6.45) is 3.89. The highest BCUT2D eigenvalue weighted by Gasteiger charge is 2.55. The molecule has 7 heteroatoms. The second-order valence-electron chi connectivity index (χ2n) is 10.2. The minimum absolute atomic E-state index is 0.0648. The summed E-state index contributed by atoms with van der Waals surface area (Å²) in [6, 6.07) is 16.3. The third-order valence-electron chi connectivity index (χ3n) is 7.24. The third kappa shape index (κ3) is 4.00. The van der Waals surface area contributed by atoms with Gasteiger partial charge in [0.1, 0.15) is 5.41 Å². The van der Waals surface area contributed by atoms with E-state index in [0.717, 1.165) is 41.4 Å². The first-order chi connectivity index (χ1) is 16.2. The number of nitrogens with one attached hydrogen (secondary N) is 1. The van der Waals surface area contributed by atoms with E-state index in [4.69, 9.17) is 0 Å². The number of rotatable bonds is 6. The molecular weight excluding hydrogens is 430 g/mol. The highest BCUT2D eigenvalue weighted by atomic mass is 16.4. The van der Waals surface area contributed by atoms with Crippen LogP contribution in [-0.2, 0) is 16.8 Å². The number of hydrogen-bond acceptors (Lipinski definition) is 4. The number of H-pyrrole nitrogens is 1. The van der Waals surface area contributed by atoms with Gasteiger partial charge in [-0.2, -0.15) is 5.10 Å². The van der Waals surface area contributed by atoms with Crippen molar-refractivity contribution in [3.8, 4) is 11.3 Å². The van der Waals surface area contributed by atoms with E-state index in [2.05, 4.69) is 10.2 Å². The lowest BCUT2D eigenvalue weighted by Crippen LogP contribution is -2.52. The van der Waals surface area contributed by atoms with Gasteiger partial charge in [0.15, 0.2) is 5.69 Å². The molecule has 1 fully saturated rings. The molecule has 2 aromatic carbocycles. The summed E-state index contributed by atoms with van der Waals surface area (Å²) in [5.41, 5.74) is -0.247. The fourth-order valence-corrected chi connectivity index (χ4v) is 5.67. The summed E-state index contributed by atoms with van der Waals surface area (Å²) in [5.74, 6) is -0.733. The molecule has 3 aromatic rings. The summed E-state index contributed by atoms with van der Waals surface area (Å²) >= 11 is 0. The van der Waals surface area contributed by atoms with Gasteiger partial charge in [-0.15, -0.1) is 0 Å². The number of nitrogens with zero attached hydrogens (tertiary/aromatic N) is 2. The average molecular weight is 462 g/mol. The van der Waals surface area contributed by atoms with E-state index in [-0.39, 0.29) is 18.2 Å². The van der Waals surface area contributed by atoms with Gasteiger partial charge < -0.3 is 5.11 Å². The van der Waals surface area contributed by atoms with Gasteiger partial charge in [0.05, 0.1) is 6.54 Å². The topological polar surface area (TPSA) is 105 Å². The lowest BCUT2D eigenvalue weighted by atomic mass is 9.55. The van der Waals surface area contributed by atoms with Crippen LogP contribution in [0.3, 0.4) is 0 Å². The van der Waals surface area contributed by atoms with Crippen LogP contribution in [0.4, 0.5) is 0 Å². The molecule has 4 rings (SSSR count). The van der Waals surface area contributed by atoms with Crippen molar-refractivity contribution in [3.63, 3.8) is 0 Å². The zero-order valence-electron chi connectivity index (χ0n) is 19.9. The monoisotopic (exact) mass is 461 g/mol. The van der Waals surface area contributed by atoms with Crippen LogP contribution >= 0.6 is 0 Å². The summed E-state index contributed by atoms with van der Waals surface area (Å²) in [4.78, 5) is 38.2. The van der Waals surface area contributed by atoms with Gasteiger partial charge in [0.25, 0.3) is 5.56 Å². The van der Waals surface area contributed by atoms with E-state index >= 15 is 0 Å². The highest BCUT2D eigenvalue weighted by Crippen LogP contribution is 2.52. The van der Waals surface area contributed by atoms with E-state index in [1.54, 1.807) is 24.3 Å². The Kier molecular flexibility index (Phi) is 6.30. The van der Waals surface area contributed by atoms with Crippen LogP contribution in [0.25, 0.3) is 11.3 Å². The summed E-state index contributed by atoms with van der Waals surface area (Å²) in [5, 5.41) is 16.9. The van der Waals surface area contributed by atoms with Gasteiger partial charge in [0.2, 0.25) is 0 Å². The first-order valence-corrected chi connectivity index (χ1v) is 11.7. The fourth-order valence-electron chi connectivity index (χ4n) is 5.67. The Labute approximate surface area is 198 Å². The number of aromatic nitrogens is 3. The van der Waals surface area contributed by atoms with Crippen LogP contribution in [0.1, 0.15) is 57.6 Å². The largest absolute Gasteiger partial charge is 0.481 e.